The van der Waals surface area contributed by atoms with Crippen LogP contribution in [-0.2, 0) is 6.42 Å². The van der Waals surface area contributed by atoms with Gasteiger partial charge in [-0.15, -0.1) is 0 Å². The van der Waals surface area contributed by atoms with Crippen molar-refractivity contribution in [3.63, 3.8) is 0 Å². The molecule has 0 amide bonds. The molecule has 3 N–H and O–H groups in total. The van der Waals surface area contributed by atoms with Crippen molar-refractivity contribution in [2.45, 2.75) is 57.1 Å². The van der Waals surface area contributed by atoms with E-state index in [-0.39, 0.29) is 6.10 Å². The standard InChI is InChI=1S/C18H27N3O/c1-2-19-18(21-15-7-9-16(22)10-8-15)20-12-14-11-13-5-3-4-6-17(13)14/h3-6,14-16,22H,2,7-12H2,1H3,(H2,19,20,21). The molecule has 0 aliphatic heterocycles. The van der Waals surface area contributed by atoms with Crippen molar-refractivity contribution in [2.75, 3.05) is 13.1 Å². The minimum atomic E-state index is -0.107. The highest BCUT2D eigenvalue weighted by molar-refractivity contribution is 5.80. The normalized spacial score (nSPS) is 27.7. The van der Waals surface area contributed by atoms with Crippen LogP contribution >= 0.6 is 0 Å². The van der Waals surface area contributed by atoms with Crippen LogP contribution in [0, 0.1) is 0 Å². The number of benzene rings is 1. The van der Waals surface area contributed by atoms with E-state index < -0.39 is 0 Å². The van der Waals surface area contributed by atoms with Gasteiger partial charge in [-0.2, -0.15) is 0 Å². The molecule has 0 spiro atoms. The summed E-state index contributed by atoms with van der Waals surface area (Å²) in [5.74, 6) is 1.49. The third-order valence-corrected chi connectivity index (χ3v) is 4.81. The molecule has 0 saturated heterocycles. The second-order valence-corrected chi connectivity index (χ2v) is 6.47. The lowest BCUT2D eigenvalue weighted by molar-refractivity contribution is 0.120. The van der Waals surface area contributed by atoms with Gasteiger partial charge in [0.15, 0.2) is 5.96 Å². The number of guanidine groups is 1. The summed E-state index contributed by atoms with van der Waals surface area (Å²) >= 11 is 0. The molecular weight excluding hydrogens is 274 g/mol. The number of aliphatic hydroxyl groups is 1. The first kappa shape index (κ1) is 15.3. The topological polar surface area (TPSA) is 56.7 Å². The van der Waals surface area contributed by atoms with Gasteiger partial charge in [0.05, 0.1) is 6.10 Å². The average Bonchev–Trinajstić information content (AvgIpc) is 2.50. The molecule has 1 aromatic carbocycles. The number of fused-ring (bicyclic) bond motifs is 1. The van der Waals surface area contributed by atoms with Crippen LogP contribution in [0.4, 0.5) is 0 Å². The summed E-state index contributed by atoms with van der Waals surface area (Å²) in [6, 6.07) is 9.11. The molecule has 3 rings (SSSR count). The fraction of sp³-hybridized carbons (Fsp3) is 0.611. The van der Waals surface area contributed by atoms with E-state index in [2.05, 4.69) is 41.8 Å². The zero-order valence-corrected chi connectivity index (χ0v) is 13.4. The van der Waals surface area contributed by atoms with E-state index in [0.717, 1.165) is 51.2 Å². The molecule has 0 radical (unpaired) electrons. The maximum atomic E-state index is 9.60. The molecule has 1 aromatic rings. The minimum Gasteiger partial charge on any atom is -0.393 e. The van der Waals surface area contributed by atoms with Crippen molar-refractivity contribution in [3.8, 4) is 0 Å². The van der Waals surface area contributed by atoms with Gasteiger partial charge in [0.25, 0.3) is 0 Å². The Kier molecular flexibility index (Phi) is 4.98. The van der Waals surface area contributed by atoms with E-state index in [1.165, 1.54) is 11.1 Å². The molecule has 22 heavy (non-hydrogen) atoms. The lowest BCUT2D eigenvalue weighted by atomic mass is 9.78. The van der Waals surface area contributed by atoms with Crippen molar-refractivity contribution in [1.29, 1.82) is 0 Å². The SMILES string of the molecule is CCNC(=NCC1Cc2ccccc21)NC1CCC(O)CC1. The quantitative estimate of drug-likeness (QED) is 0.590. The third-order valence-electron chi connectivity index (χ3n) is 4.81. The van der Waals surface area contributed by atoms with Crippen LogP contribution in [0.25, 0.3) is 0 Å². The molecular formula is C18H27N3O. The van der Waals surface area contributed by atoms with E-state index >= 15 is 0 Å². The van der Waals surface area contributed by atoms with E-state index in [4.69, 9.17) is 4.99 Å². The molecule has 120 valence electrons. The summed E-state index contributed by atoms with van der Waals surface area (Å²) in [4.78, 5) is 4.78. The summed E-state index contributed by atoms with van der Waals surface area (Å²) in [5, 5.41) is 16.5. The Morgan fingerprint density at radius 2 is 2.00 bits per heavy atom. The van der Waals surface area contributed by atoms with Gasteiger partial charge in [0.1, 0.15) is 0 Å². The lowest BCUT2D eigenvalue weighted by Gasteiger charge is -2.30. The highest BCUT2D eigenvalue weighted by Gasteiger charge is 2.25. The summed E-state index contributed by atoms with van der Waals surface area (Å²) < 4.78 is 0. The molecule has 1 fully saturated rings. The molecule has 0 aromatic heterocycles. The third kappa shape index (κ3) is 3.61. The van der Waals surface area contributed by atoms with Gasteiger partial charge in [-0.25, -0.2) is 0 Å². The molecule has 2 aliphatic carbocycles. The van der Waals surface area contributed by atoms with E-state index in [0.29, 0.717) is 12.0 Å². The average molecular weight is 301 g/mol. The molecule has 0 heterocycles. The maximum Gasteiger partial charge on any atom is 0.191 e. The smallest absolute Gasteiger partial charge is 0.191 e. The van der Waals surface area contributed by atoms with Crippen molar-refractivity contribution < 1.29 is 5.11 Å². The van der Waals surface area contributed by atoms with Crippen LogP contribution in [0.2, 0.25) is 0 Å². The molecule has 1 atom stereocenters. The second-order valence-electron chi connectivity index (χ2n) is 6.47. The van der Waals surface area contributed by atoms with Crippen molar-refractivity contribution >= 4 is 5.96 Å². The Morgan fingerprint density at radius 3 is 2.73 bits per heavy atom. The number of hydrogen-bond acceptors (Lipinski definition) is 2. The van der Waals surface area contributed by atoms with Crippen LogP contribution in [0.1, 0.15) is 49.7 Å². The van der Waals surface area contributed by atoms with Crippen LogP contribution in [-0.4, -0.2) is 36.3 Å². The molecule has 1 saturated carbocycles. The molecule has 1 unspecified atom stereocenters. The molecule has 4 heteroatoms. The number of aliphatic imine (C=N–C) groups is 1. The van der Waals surface area contributed by atoms with E-state index in [1.807, 2.05) is 0 Å². The fourth-order valence-corrected chi connectivity index (χ4v) is 3.46. The molecule has 0 bridgehead atoms. The van der Waals surface area contributed by atoms with Gasteiger partial charge in [-0.3, -0.25) is 4.99 Å². The Morgan fingerprint density at radius 1 is 1.23 bits per heavy atom. The fourth-order valence-electron chi connectivity index (χ4n) is 3.46. The van der Waals surface area contributed by atoms with Gasteiger partial charge in [-0.05, 0) is 50.2 Å². The number of nitrogens with one attached hydrogen (secondary N) is 2. The van der Waals surface area contributed by atoms with Gasteiger partial charge in [-0.1, -0.05) is 24.3 Å². The zero-order valence-electron chi connectivity index (χ0n) is 13.4. The number of nitrogens with zero attached hydrogens (tertiary/aromatic N) is 1. The van der Waals surface area contributed by atoms with Crippen LogP contribution in [0.3, 0.4) is 0 Å². The van der Waals surface area contributed by atoms with Crippen LogP contribution < -0.4 is 10.6 Å². The first-order valence-electron chi connectivity index (χ1n) is 8.57. The Bertz CT molecular complexity index is 521. The Balaban J connectivity index is 1.55. The predicted octanol–water partition coefficient (Wildman–Crippen LogP) is 2.18. The predicted molar refractivity (Wildman–Crippen MR) is 90.3 cm³/mol. The number of rotatable bonds is 4. The van der Waals surface area contributed by atoms with Crippen molar-refractivity contribution in [3.05, 3.63) is 35.4 Å². The summed E-state index contributed by atoms with van der Waals surface area (Å²) in [5.41, 5.74) is 2.94. The number of aliphatic hydroxyl groups excluding tert-OH is 1. The summed E-state index contributed by atoms with van der Waals surface area (Å²) in [6.45, 7) is 3.82. The van der Waals surface area contributed by atoms with Gasteiger partial charge in [0.2, 0.25) is 0 Å². The Hall–Kier alpha value is -1.55. The van der Waals surface area contributed by atoms with E-state index in [9.17, 15) is 5.11 Å². The monoisotopic (exact) mass is 301 g/mol. The Labute approximate surface area is 133 Å². The molecule has 2 aliphatic rings. The highest BCUT2D eigenvalue weighted by atomic mass is 16.3. The zero-order chi connectivity index (χ0) is 15.4. The molecule has 4 nitrogen and oxygen atoms in total. The minimum absolute atomic E-state index is 0.107. The second kappa shape index (κ2) is 7.14. The summed E-state index contributed by atoms with van der Waals surface area (Å²) in [6.07, 6.45) is 4.88. The largest absolute Gasteiger partial charge is 0.393 e. The lowest BCUT2D eigenvalue weighted by Crippen LogP contribution is -2.45. The summed E-state index contributed by atoms with van der Waals surface area (Å²) in [7, 11) is 0. The van der Waals surface area contributed by atoms with Crippen LogP contribution in [0.15, 0.2) is 29.3 Å². The number of hydrogen-bond donors (Lipinski definition) is 3. The first-order chi connectivity index (χ1) is 10.8. The van der Waals surface area contributed by atoms with Crippen molar-refractivity contribution in [2.24, 2.45) is 4.99 Å². The van der Waals surface area contributed by atoms with Gasteiger partial charge < -0.3 is 15.7 Å². The van der Waals surface area contributed by atoms with Crippen LogP contribution in [0.5, 0.6) is 0 Å². The van der Waals surface area contributed by atoms with Gasteiger partial charge >= 0.3 is 0 Å². The van der Waals surface area contributed by atoms with Gasteiger partial charge in [0, 0.05) is 25.0 Å². The highest BCUT2D eigenvalue weighted by Crippen LogP contribution is 2.34. The van der Waals surface area contributed by atoms with Crippen molar-refractivity contribution in [1.82, 2.24) is 10.6 Å². The first-order valence-corrected chi connectivity index (χ1v) is 8.57. The maximum absolute atomic E-state index is 9.60. The van der Waals surface area contributed by atoms with E-state index in [1.54, 1.807) is 0 Å².